The van der Waals surface area contributed by atoms with E-state index in [-0.39, 0.29) is 12.5 Å². The highest BCUT2D eigenvalue weighted by Gasteiger charge is 2.44. The fraction of sp³-hybridized carbons (Fsp3) is 0.933. The molecule has 0 aromatic rings. The number of allylic oxidation sites excluding steroid dienone is 1. The minimum absolute atomic E-state index is 0.178. The lowest BCUT2D eigenvalue weighted by atomic mass is 9.99. The first-order valence-electron chi connectivity index (χ1n) is 22.9. The van der Waals surface area contributed by atoms with Gasteiger partial charge in [0.1, 0.15) is 24.4 Å². The van der Waals surface area contributed by atoms with Crippen LogP contribution in [0.2, 0.25) is 0 Å². The summed E-state index contributed by atoms with van der Waals surface area (Å²) in [6, 6.07) is -0.796. The predicted octanol–water partition coefficient (Wildman–Crippen LogP) is 9.34. The first-order chi connectivity index (χ1) is 26.3. The summed E-state index contributed by atoms with van der Waals surface area (Å²) in [6.45, 7) is 3.72. The molecule has 7 atom stereocenters. The fourth-order valence-electron chi connectivity index (χ4n) is 7.39. The van der Waals surface area contributed by atoms with Gasteiger partial charge in [0, 0.05) is 6.42 Å². The standard InChI is InChI=1S/C45H87NO8/c1-3-5-7-9-11-12-13-14-15-16-17-18-19-20-21-22-23-24-25-26-27-29-31-33-35-41(49)46-38(39(48)34-32-30-28-10-8-6-4-2)37-53-45-44(52)43(51)42(50)40(36-47)54-45/h32,34,38-40,42-45,47-48,50-52H,3-31,33,35-37H2,1-2H3,(H,46,49)/b34-32+. The van der Waals surface area contributed by atoms with Crippen molar-refractivity contribution in [2.24, 2.45) is 0 Å². The number of aliphatic hydroxyl groups excluding tert-OH is 5. The summed E-state index contributed by atoms with van der Waals surface area (Å²) in [4.78, 5) is 12.9. The van der Waals surface area contributed by atoms with Gasteiger partial charge in [0.25, 0.3) is 0 Å². The summed E-state index contributed by atoms with van der Waals surface area (Å²) in [7, 11) is 0. The zero-order chi connectivity index (χ0) is 39.5. The van der Waals surface area contributed by atoms with Crippen LogP contribution in [0.1, 0.15) is 213 Å². The number of unbranched alkanes of at least 4 members (excludes halogenated alkanes) is 28. The molecule has 54 heavy (non-hydrogen) atoms. The van der Waals surface area contributed by atoms with Gasteiger partial charge in [0.05, 0.1) is 25.4 Å². The van der Waals surface area contributed by atoms with E-state index in [1.807, 2.05) is 6.08 Å². The van der Waals surface area contributed by atoms with Gasteiger partial charge in [0.15, 0.2) is 6.29 Å². The van der Waals surface area contributed by atoms with Gasteiger partial charge >= 0.3 is 0 Å². The van der Waals surface area contributed by atoms with Crippen molar-refractivity contribution in [3.05, 3.63) is 12.2 Å². The lowest BCUT2D eigenvalue weighted by Crippen LogP contribution is -2.60. The Kier molecular flexibility index (Phi) is 34.2. The summed E-state index contributed by atoms with van der Waals surface area (Å²) < 4.78 is 11.1. The van der Waals surface area contributed by atoms with Crippen LogP contribution in [0.25, 0.3) is 0 Å². The maximum atomic E-state index is 12.9. The number of nitrogens with one attached hydrogen (secondary N) is 1. The Hall–Kier alpha value is -1.07. The number of hydrogen-bond acceptors (Lipinski definition) is 8. The van der Waals surface area contributed by atoms with Crippen molar-refractivity contribution < 1.29 is 39.8 Å². The number of ether oxygens (including phenoxy) is 2. The summed E-state index contributed by atoms with van der Waals surface area (Å²) in [5.41, 5.74) is 0. The molecule has 1 saturated heterocycles. The third-order valence-electron chi connectivity index (χ3n) is 11.1. The van der Waals surface area contributed by atoms with Crippen LogP contribution in [0.15, 0.2) is 12.2 Å². The molecule has 0 aliphatic carbocycles. The maximum absolute atomic E-state index is 12.9. The molecule has 0 aromatic heterocycles. The molecular formula is C45H87NO8. The molecule has 7 unspecified atom stereocenters. The van der Waals surface area contributed by atoms with Gasteiger partial charge in [-0.15, -0.1) is 0 Å². The number of rotatable bonds is 38. The molecule has 6 N–H and O–H groups in total. The Morgan fingerprint density at radius 1 is 0.611 bits per heavy atom. The Morgan fingerprint density at radius 3 is 1.44 bits per heavy atom. The third kappa shape index (κ3) is 26.7. The van der Waals surface area contributed by atoms with Crippen LogP contribution in [-0.4, -0.2) is 87.5 Å². The van der Waals surface area contributed by atoms with Gasteiger partial charge in [-0.25, -0.2) is 0 Å². The number of amides is 1. The topological polar surface area (TPSA) is 149 Å². The minimum Gasteiger partial charge on any atom is -0.394 e. The van der Waals surface area contributed by atoms with E-state index < -0.39 is 49.5 Å². The van der Waals surface area contributed by atoms with Gasteiger partial charge in [-0.3, -0.25) is 4.79 Å². The van der Waals surface area contributed by atoms with Crippen LogP contribution in [-0.2, 0) is 14.3 Å². The molecule has 0 saturated carbocycles. The molecule has 0 aromatic carbocycles. The van der Waals surface area contributed by atoms with E-state index in [9.17, 15) is 30.3 Å². The zero-order valence-electron chi connectivity index (χ0n) is 35.0. The molecule has 1 fully saturated rings. The second-order valence-corrected chi connectivity index (χ2v) is 16.2. The Morgan fingerprint density at radius 2 is 1.02 bits per heavy atom. The van der Waals surface area contributed by atoms with Gasteiger partial charge in [-0.2, -0.15) is 0 Å². The smallest absolute Gasteiger partial charge is 0.220 e. The van der Waals surface area contributed by atoms with Crippen molar-refractivity contribution in [2.45, 2.75) is 256 Å². The van der Waals surface area contributed by atoms with Crippen LogP contribution in [0.5, 0.6) is 0 Å². The quantitative estimate of drug-likeness (QED) is 0.0269. The molecular weight excluding hydrogens is 682 g/mol. The van der Waals surface area contributed by atoms with E-state index in [1.165, 1.54) is 154 Å². The van der Waals surface area contributed by atoms with Crippen molar-refractivity contribution in [3.63, 3.8) is 0 Å². The average Bonchev–Trinajstić information content (AvgIpc) is 3.17. The summed E-state index contributed by atoms with van der Waals surface area (Å²) >= 11 is 0. The fourth-order valence-corrected chi connectivity index (χ4v) is 7.39. The van der Waals surface area contributed by atoms with E-state index >= 15 is 0 Å². The normalized spacial score (nSPS) is 21.5. The van der Waals surface area contributed by atoms with Gasteiger partial charge in [-0.1, -0.05) is 199 Å². The van der Waals surface area contributed by atoms with E-state index in [0.29, 0.717) is 6.42 Å². The van der Waals surface area contributed by atoms with Crippen LogP contribution in [0.3, 0.4) is 0 Å². The van der Waals surface area contributed by atoms with Crippen LogP contribution >= 0.6 is 0 Å². The molecule has 1 rings (SSSR count). The lowest BCUT2D eigenvalue weighted by molar-refractivity contribution is -0.302. The first-order valence-corrected chi connectivity index (χ1v) is 22.9. The molecule has 9 nitrogen and oxygen atoms in total. The minimum atomic E-state index is -1.56. The van der Waals surface area contributed by atoms with Crippen molar-refractivity contribution in [2.75, 3.05) is 13.2 Å². The number of carbonyl (C=O) groups is 1. The maximum Gasteiger partial charge on any atom is 0.220 e. The lowest BCUT2D eigenvalue weighted by Gasteiger charge is -2.40. The molecule has 1 aliphatic heterocycles. The van der Waals surface area contributed by atoms with Crippen molar-refractivity contribution in [3.8, 4) is 0 Å². The number of hydrogen-bond donors (Lipinski definition) is 6. The molecule has 1 aliphatic rings. The Balaban J connectivity index is 2.16. The van der Waals surface area contributed by atoms with Crippen LogP contribution < -0.4 is 5.32 Å². The Bertz CT molecular complexity index is 858. The molecule has 1 amide bonds. The third-order valence-corrected chi connectivity index (χ3v) is 11.1. The molecule has 9 heteroatoms. The largest absolute Gasteiger partial charge is 0.394 e. The Labute approximate surface area is 331 Å². The van der Waals surface area contributed by atoms with Gasteiger partial charge in [-0.05, 0) is 19.3 Å². The summed E-state index contributed by atoms with van der Waals surface area (Å²) in [6.07, 6.45) is 34.4. The zero-order valence-corrected chi connectivity index (χ0v) is 35.0. The number of carbonyl (C=O) groups excluding carboxylic acids is 1. The van der Waals surface area contributed by atoms with Crippen LogP contribution in [0.4, 0.5) is 0 Å². The van der Waals surface area contributed by atoms with E-state index in [2.05, 4.69) is 19.2 Å². The molecule has 0 spiro atoms. The van der Waals surface area contributed by atoms with Crippen molar-refractivity contribution >= 4 is 5.91 Å². The first kappa shape index (κ1) is 50.9. The molecule has 1 heterocycles. The number of aliphatic hydroxyl groups is 5. The highest BCUT2D eigenvalue weighted by Crippen LogP contribution is 2.23. The molecule has 0 radical (unpaired) electrons. The van der Waals surface area contributed by atoms with Gasteiger partial charge in [0.2, 0.25) is 5.91 Å². The second-order valence-electron chi connectivity index (χ2n) is 16.2. The van der Waals surface area contributed by atoms with E-state index in [0.717, 1.165) is 38.5 Å². The molecule has 0 bridgehead atoms. The second kappa shape index (κ2) is 36.3. The predicted molar refractivity (Wildman–Crippen MR) is 221 cm³/mol. The van der Waals surface area contributed by atoms with Crippen molar-refractivity contribution in [1.82, 2.24) is 5.32 Å². The van der Waals surface area contributed by atoms with Crippen LogP contribution in [0, 0.1) is 0 Å². The van der Waals surface area contributed by atoms with Crippen molar-refractivity contribution in [1.29, 1.82) is 0 Å². The average molecular weight is 770 g/mol. The van der Waals surface area contributed by atoms with Gasteiger partial charge < -0.3 is 40.3 Å². The summed E-state index contributed by atoms with van der Waals surface area (Å²) in [5.74, 6) is -0.178. The molecule has 320 valence electrons. The van der Waals surface area contributed by atoms with E-state index in [4.69, 9.17) is 9.47 Å². The highest BCUT2D eigenvalue weighted by atomic mass is 16.7. The monoisotopic (exact) mass is 770 g/mol. The SMILES string of the molecule is CCCCCCC/C=C/C(O)C(COC1OC(CO)C(O)C(O)C1O)NC(=O)CCCCCCCCCCCCCCCCCCCCCCCCCC. The highest BCUT2D eigenvalue weighted by molar-refractivity contribution is 5.76. The van der Waals surface area contributed by atoms with E-state index in [1.54, 1.807) is 6.08 Å². The summed E-state index contributed by atoms with van der Waals surface area (Å²) in [5, 5.41) is 53.8.